The van der Waals surface area contributed by atoms with Crippen molar-refractivity contribution in [1.82, 2.24) is 20.4 Å². The molecule has 1 amide bonds. The van der Waals surface area contributed by atoms with E-state index in [2.05, 4.69) is 55.8 Å². The molecule has 2 atom stereocenters. The standard InChI is InChI=1S/C20H29N5O/c1-21-20(23-18-13-17(18)15-5-3-2-4-6-15)25-11-9-24(10-12-25)14-19(26)22-16-7-8-16/h2-6,16-18H,7-14H2,1H3,(H,21,23)(H,22,26). The van der Waals surface area contributed by atoms with Gasteiger partial charge in [0.05, 0.1) is 6.54 Å². The Morgan fingerprint density at radius 3 is 2.50 bits per heavy atom. The SMILES string of the molecule is CN=C(NC1CC1c1ccccc1)N1CCN(CC(=O)NC2CC2)CC1. The van der Waals surface area contributed by atoms with Crippen molar-refractivity contribution in [2.45, 2.75) is 37.3 Å². The number of carbonyl (C=O) groups is 1. The van der Waals surface area contributed by atoms with E-state index in [9.17, 15) is 4.79 Å². The molecular weight excluding hydrogens is 326 g/mol. The van der Waals surface area contributed by atoms with Crippen LogP contribution in [0.3, 0.4) is 0 Å². The van der Waals surface area contributed by atoms with E-state index >= 15 is 0 Å². The van der Waals surface area contributed by atoms with Gasteiger partial charge in [0.1, 0.15) is 0 Å². The van der Waals surface area contributed by atoms with Crippen LogP contribution >= 0.6 is 0 Å². The van der Waals surface area contributed by atoms with Crippen LogP contribution in [0.5, 0.6) is 0 Å². The molecule has 3 aliphatic rings. The number of rotatable bonds is 5. The quantitative estimate of drug-likeness (QED) is 0.611. The molecule has 0 radical (unpaired) electrons. The first kappa shape index (κ1) is 17.3. The number of guanidine groups is 1. The van der Waals surface area contributed by atoms with E-state index in [1.54, 1.807) is 0 Å². The molecule has 140 valence electrons. The number of hydrogen-bond donors (Lipinski definition) is 2. The summed E-state index contributed by atoms with van der Waals surface area (Å²) in [7, 11) is 1.86. The van der Waals surface area contributed by atoms with Crippen molar-refractivity contribution >= 4 is 11.9 Å². The Labute approximate surface area is 155 Å². The van der Waals surface area contributed by atoms with Crippen LogP contribution in [0.1, 0.15) is 30.7 Å². The topological polar surface area (TPSA) is 60.0 Å². The molecule has 1 heterocycles. The molecule has 1 aliphatic heterocycles. The van der Waals surface area contributed by atoms with Crippen molar-refractivity contribution in [3.63, 3.8) is 0 Å². The van der Waals surface area contributed by atoms with Crippen LogP contribution in [0, 0.1) is 0 Å². The Morgan fingerprint density at radius 1 is 1.12 bits per heavy atom. The van der Waals surface area contributed by atoms with Crippen molar-refractivity contribution in [2.75, 3.05) is 39.8 Å². The highest BCUT2D eigenvalue weighted by molar-refractivity contribution is 5.81. The highest BCUT2D eigenvalue weighted by Crippen LogP contribution is 2.40. The lowest BCUT2D eigenvalue weighted by Gasteiger charge is -2.36. The van der Waals surface area contributed by atoms with Gasteiger partial charge in [0.25, 0.3) is 0 Å². The fourth-order valence-electron chi connectivity index (χ4n) is 3.71. The molecule has 1 saturated heterocycles. The molecule has 2 N–H and O–H groups in total. The van der Waals surface area contributed by atoms with E-state index in [4.69, 9.17) is 0 Å². The molecule has 1 aromatic rings. The molecular formula is C20H29N5O. The maximum atomic E-state index is 12.0. The molecule has 2 unspecified atom stereocenters. The summed E-state index contributed by atoms with van der Waals surface area (Å²) in [6.45, 7) is 4.17. The second kappa shape index (κ2) is 7.66. The number of benzene rings is 1. The monoisotopic (exact) mass is 355 g/mol. The third-order valence-corrected chi connectivity index (χ3v) is 5.53. The molecule has 4 rings (SSSR count). The number of nitrogens with one attached hydrogen (secondary N) is 2. The van der Waals surface area contributed by atoms with Crippen LogP contribution in [0.25, 0.3) is 0 Å². The predicted molar refractivity (Wildman–Crippen MR) is 103 cm³/mol. The Morgan fingerprint density at radius 2 is 1.85 bits per heavy atom. The van der Waals surface area contributed by atoms with E-state index in [1.807, 2.05) is 7.05 Å². The molecule has 0 aromatic heterocycles. The van der Waals surface area contributed by atoms with Crippen LogP contribution < -0.4 is 10.6 Å². The van der Waals surface area contributed by atoms with Crippen molar-refractivity contribution < 1.29 is 4.79 Å². The Bertz CT molecular complexity index is 649. The summed E-state index contributed by atoms with van der Waals surface area (Å²) >= 11 is 0. The number of carbonyl (C=O) groups excluding carboxylic acids is 1. The van der Waals surface area contributed by atoms with Crippen molar-refractivity contribution in [3.8, 4) is 0 Å². The van der Waals surface area contributed by atoms with Crippen LogP contribution in [-0.2, 0) is 4.79 Å². The zero-order valence-electron chi connectivity index (χ0n) is 15.5. The van der Waals surface area contributed by atoms with E-state index in [1.165, 1.54) is 12.0 Å². The van der Waals surface area contributed by atoms with Crippen LogP contribution in [0.15, 0.2) is 35.3 Å². The number of amides is 1. The second-order valence-corrected chi connectivity index (χ2v) is 7.66. The average Bonchev–Trinajstić information content (AvgIpc) is 3.58. The van der Waals surface area contributed by atoms with Gasteiger partial charge in [-0.25, -0.2) is 0 Å². The summed E-state index contributed by atoms with van der Waals surface area (Å²) in [6.07, 6.45) is 3.46. The molecule has 6 heteroatoms. The first-order valence-corrected chi connectivity index (χ1v) is 9.78. The molecule has 0 bridgehead atoms. The normalized spacial score (nSPS) is 26.5. The lowest BCUT2D eigenvalue weighted by Crippen LogP contribution is -2.54. The highest BCUT2D eigenvalue weighted by Gasteiger charge is 2.39. The highest BCUT2D eigenvalue weighted by atomic mass is 16.2. The maximum absolute atomic E-state index is 12.0. The number of hydrogen-bond acceptors (Lipinski definition) is 3. The van der Waals surface area contributed by atoms with Crippen molar-refractivity contribution in [2.24, 2.45) is 4.99 Å². The minimum absolute atomic E-state index is 0.173. The minimum Gasteiger partial charge on any atom is -0.353 e. The molecule has 26 heavy (non-hydrogen) atoms. The number of aliphatic imine (C=N–C) groups is 1. The Balaban J connectivity index is 1.22. The van der Waals surface area contributed by atoms with Gasteiger partial charge in [0, 0.05) is 51.2 Å². The molecule has 0 spiro atoms. The number of nitrogens with zero attached hydrogens (tertiary/aromatic N) is 3. The van der Waals surface area contributed by atoms with Gasteiger partial charge in [-0.15, -0.1) is 0 Å². The summed E-state index contributed by atoms with van der Waals surface area (Å²) in [5.41, 5.74) is 1.41. The van der Waals surface area contributed by atoms with Crippen molar-refractivity contribution in [3.05, 3.63) is 35.9 Å². The van der Waals surface area contributed by atoms with Crippen molar-refractivity contribution in [1.29, 1.82) is 0 Å². The summed E-state index contributed by atoms with van der Waals surface area (Å²) in [6, 6.07) is 11.6. The largest absolute Gasteiger partial charge is 0.353 e. The van der Waals surface area contributed by atoms with Gasteiger partial charge in [-0.1, -0.05) is 30.3 Å². The van der Waals surface area contributed by atoms with Gasteiger partial charge in [-0.2, -0.15) is 0 Å². The zero-order valence-corrected chi connectivity index (χ0v) is 15.5. The third kappa shape index (κ3) is 4.36. The Kier molecular flexibility index (Phi) is 5.11. The smallest absolute Gasteiger partial charge is 0.234 e. The number of piperazine rings is 1. The van der Waals surface area contributed by atoms with E-state index in [0.717, 1.165) is 45.0 Å². The third-order valence-electron chi connectivity index (χ3n) is 5.53. The first-order chi connectivity index (χ1) is 12.7. The van der Waals surface area contributed by atoms with Gasteiger partial charge >= 0.3 is 0 Å². The summed E-state index contributed by atoms with van der Waals surface area (Å²) < 4.78 is 0. The predicted octanol–water partition coefficient (Wildman–Crippen LogP) is 1.01. The molecule has 2 aliphatic carbocycles. The summed E-state index contributed by atoms with van der Waals surface area (Å²) in [4.78, 5) is 21.0. The molecule has 6 nitrogen and oxygen atoms in total. The minimum atomic E-state index is 0.173. The van der Waals surface area contributed by atoms with Crippen LogP contribution in [0.2, 0.25) is 0 Å². The van der Waals surface area contributed by atoms with E-state index in [0.29, 0.717) is 24.5 Å². The van der Waals surface area contributed by atoms with Gasteiger partial charge in [0.2, 0.25) is 5.91 Å². The van der Waals surface area contributed by atoms with Gasteiger partial charge in [-0.3, -0.25) is 14.7 Å². The summed E-state index contributed by atoms with van der Waals surface area (Å²) in [5, 5.41) is 6.70. The average molecular weight is 355 g/mol. The fourth-order valence-corrected chi connectivity index (χ4v) is 3.71. The van der Waals surface area contributed by atoms with Crippen LogP contribution in [0.4, 0.5) is 0 Å². The van der Waals surface area contributed by atoms with E-state index in [-0.39, 0.29) is 5.91 Å². The lowest BCUT2D eigenvalue weighted by molar-refractivity contribution is -0.122. The zero-order chi connectivity index (χ0) is 17.9. The summed E-state index contributed by atoms with van der Waals surface area (Å²) in [5.74, 6) is 1.77. The van der Waals surface area contributed by atoms with Crippen LogP contribution in [-0.4, -0.2) is 73.5 Å². The molecule has 2 saturated carbocycles. The van der Waals surface area contributed by atoms with Gasteiger partial charge < -0.3 is 15.5 Å². The van der Waals surface area contributed by atoms with E-state index < -0.39 is 0 Å². The first-order valence-electron chi connectivity index (χ1n) is 9.78. The second-order valence-electron chi connectivity index (χ2n) is 7.66. The molecule has 3 fully saturated rings. The van der Waals surface area contributed by atoms with Gasteiger partial charge in [-0.05, 0) is 24.8 Å². The Hall–Kier alpha value is -2.08. The lowest BCUT2D eigenvalue weighted by atomic mass is 10.1. The molecule has 1 aromatic carbocycles. The fraction of sp³-hybridized carbons (Fsp3) is 0.600. The van der Waals surface area contributed by atoms with Gasteiger partial charge in [0.15, 0.2) is 5.96 Å². The maximum Gasteiger partial charge on any atom is 0.234 e.